The average molecular weight is 461 g/mol. The lowest BCUT2D eigenvalue weighted by Gasteiger charge is -2.20. The summed E-state index contributed by atoms with van der Waals surface area (Å²) in [6.45, 7) is 5.43. The molecule has 3 aromatic rings. The Morgan fingerprint density at radius 3 is 2.65 bits per heavy atom. The molecule has 0 aliphatic heterocycles. The van der Waals surface area contributed by atoms with Gasteiger partial charge in [-0.1, -0.05) is 37.3 Å². The first-order chi connectivity index (χ1) is 14.6. The molecule has 0 bridgehead atoms. The van der Waals surface area contributed by atoms with Crippen LogP contribution < -0.4 is 11.1 Å². The maximum Gasteiger partial charge on any atom is 0.251 e. The fourth-order valence-corrected chi connectivity index (χ4v) is 5.16. The molecule has 31 heavy (non-hydrogen) atoms. The Kier molecular flexibility index (Phi) is 6.74. The van der Waals surface area contributed by atoms with Crippen molar-refractivity contribution in [2.75, 3.05) is 17.7 Å². The van der Waals surface area contributed by atoms with Gasteiger partial charge in [-0.2, -0.15) is 15.2 Å². The van der Waals surface area contributed by atoms with Crippen molar-refractivity contribution in [1.29, 1.82) is 5.26 Å². The number of aromatic nitrogens is 3. The standard InChI is InChI=1S/C20H24N6O3S2/c1-11(2)7-15(10-27)23-17-16-18(24-19(22)30-16)26-20(25-17)31(28,29)12(3)14-6-4-5-13(8-14)9-21/h4-6,8,11-12,15,27H,7,10H2,1-3H3,(H3,22,23,24,25,26)/t12?,15-/m1/s1. The number of hydrogen-bond acceptors (Lipinski definition) is 10. The molecular weight excluding hydrogens is 436 g/mol. The number of rotatable bonds is 8. The number of sulfone groups is 1. The molecule has 0 radical (unpaired) electrons. The highest BCUT2D eigenvalue weighted by atomic mass is 32.2. The van der Waals surface area contributed by atoms with Crippen LogP contribution in [0, 0.1) is 17.2 Å². The third kappa shape index (κ3) is 4.92. The van der Waals surface area contributed by atoms with Gasteiger partial charge in [-0.3, -0.25) is 0 Å². The fourth-order valence-electron chi connectivity index (χ4n) is 3.19. The zero-order valence-electron chi connectivity index (χ0n) is 17.4. The Hall–Kier alpha value is -2.81. The first-order valence-corrected chi connectivity index (χ1v) is 12.1. The van der Waals surface area contributed by atoms with Crippen LogP contribution >= 0.6 is 11.3 Å². The second-order valence-electron chi connectivity index (χ2n) is 7.64. The van der Waals surface area contributed by atoms with Gasteiger partial charge in [0.15, 0.2) is 16.6 Å². The van der Waals surface area contributed by atoms with Crippen molar-refractivity contribution in [2.45, 2.75) is 43.6 Å². The quantitative estimate of drug-likeness (QED) is 0.430. The molecule has 0 fully saturated rings. The minimum Gasteiger partial charge on any atom is -0.394 e. The molecule has 2 heterocycles. The fraction of sp³-hybridized carbons (Fsp3) is 0.400. The molecule has 11 heteroatoms. The van der Waals surface area contributed by atoms with E-state index < -0.39 is 15.1 Å². The number of fused-ring (bicyclic) bond motifs is 1. The Bertz CT molecular complexity index is 1230. The van der Waals surface area contributed by atoms with Crippen LogP contribution in [0.5, 0.6) is 0 Å². The Morgan fingerprint density at radius 2 is 2.00 bits per heavy atom. The number of nitrogens with zero attached hydrogens (tertiary/aromatic N) is 4. The molecule has 4 N–H and O–H groups in total. The average Bonchev–Trinajstić information content (AvgIpc) is 3.12. The van der Waals surface area contributed by atoms with Crippen LogP contribution in [-0.4, -0.2) is 41.1 Å². The van der Waals surface area contributed by atoms with Gasteiger partial charge >= 0.3 is 0 Å². The summed E-state index contributed by atoms with van der Waals surface area (Å²) in [6.07, 6.45) is 0.662. The molecule has 2 atom stereocenters. The number of anilines is 2. The van der Waals surface area contributed by atoms with E-state index in [1.54, 1.807) is 18.2 Å². The van der Waals surface area contributed by atoms with Crippen molar-refractivity contribution < 1.29 is 13.5 Å². The van der Waals surface area contributed by atoms with Gasteiger partial charge in [0.05, 0.1) is 29.5 Å². The number of nitrogen functional groups attached to an aromatic ring is 1. The molecule has 0 spiro atoms. The van der Waals surface area contributed by atoms with Crippen molar-refractivity contribution in [3.05, 3.63) is 35.4 Å². The van der Waals surface area contributed by atoms with Crippen LogP contribution in [0.15, 0.2) is 29.4 Å². The van der Waals surface area contributed by atoms with Crippen LogP contribution in [0.3, 0.4) is 0 Å². The van der Waals surface area contributed by atoms with Gasteiger partial charge in [0.1, 0.15) is 4.70 Å². The van der Waals surface area contributed by atoms with E-state index >= 15 is 0 Å². The van der Waals surface area contributed by atoms with Crippen LogP contribution in [0.2, 0.25) is 0 Å². The van der Waals surface area contributed by atoms with Crippen LogP contribution in [0.4, 0.5) is 10.9 Å². The van der Waals surface area contributed by atoms with E-state index in [4.69, 9.17) is 11.0 Å². The summed E-state index contributed by atoms with van der Waals surface area (Å²) in [6, 6.07) is 8.11. The van der Waals surface area contributed by atoms with Crippen molar-refractivity contribution in [1.82, 2.24) is 15.0 Å². The van der Waals surface area contributed by atoms with Gasteiger partial charge in [0.2, 0.25) is 9.84 Å². The van der Waals surface area contributed by atoms with Crippen molar-refractivity contribution in [3.63, 3.8) is 0 Å². The lowest BCUT2D eigenvalue weighted by molar-refractivity contribution is 0.259. The molecule has 3 rings (SSSR count). The van der Waals surface area contributed by atoms with E-state index in [9.17, 15) is 13.5 Å². The summed E-state index contributed by atoms with van der Waals surface area (Å²) in [5.74, 6) is 0.583. The predicted molar refractivity (Wildman–Crippen MR) is 120 cm³/mol. The Balaban J connectivity index is 2.07. The van der Waals surface area contributed by atoms with Gasteiger partial charge in [0.25, 0.3) is 5.16 Å². The van der Waals surface area contributed by atoms with Gasteiger partial charge in [0, 0.05) is 0 Å². The number of nitriles is 1. The van der Waals surface area contributed by atoms with Crippen molar-refractivity contribution in [2.24, 2.45) is 5.92 Å². The molecule has 0 aliphatic carbocycles. The largest absolute Gasteiger partial charge is 0.394 e. The van der Waals surface area contributed by atoms with Gasteiger partial charge < -0.3 is 16.2 Å². The maximum absolute atomic E-state index is 13.3. The Labute approximate surface area is 184 Å². The van der Waals surface area contributed by atoms with E-state index in [0.29, 0.717) is 28.2 Å². The van der Waals surface area contributed by atoms with E-state index in [1.165, 1.54) is 13.0 Å². The minimum atomic E-state index is -4.00. The zero-order chi connectivity index (χ0) is 22.8. The topological polar surface area (TPSA) is 155 Å². The van der Waals surface area contributed by atoms with Crippen LogP contribution in [0.1, 0.15) is 43.6 Å². The number of hydrogen-bond donors (Lipinski definition) is 3. The summed E-state index contributed by atoms with van der Waals surface area (Å²) in [4.78, 5) is 12.6. The van der Waals surface area contributed by atoms with Gasteiger partial charge in [-0.25, -0.2) is 13.4 Å². The molecule has 1 aromatic carbocycles. The van der Waals surface area contributed by atoms with E-state index in [0.717, 1.165) is 11.3 Å². The molecule has 164 valence electrons. The summed E-state index contributed by atoms with van der Waals surface area (Å²) in [7, 11) is -4.00. The highest BCUT2D eigenvalue weighted by Crippen LogP contribution is 2.33. The molecule has 0 aliphatic rings. The number of aliphatic hydroxyl groups is 1. The monoisotopic (exact) mass is 460 g/mol. The number of nitrogens with one attached hydrogen (secondary N) is 1. The first-order valence-electron chi connectivity index (χ1n) is 9.71. The molecular formula is C20H24N6O3S2. The Morgan fingerprint density at radius 1 is 1.26 bits per heavy atom. The van der Waals surface area contributed by atoms with Crippen LogP contribution in [-0.2, 0) is 9.84 Å². The molecule has 0 saturated carbocycles. The third-order valence-corrected chi connectivity index (χ3v) is 7.55. The number of thiazole rings is 1. The predicted octanol–water partition coefficient (Wildman–Crippen LogP) is 2.89. The van der Waals surface area contributed by atoms with Crippen LogP contribution in [0.25, 0.3) is 10.3 Å². The second kappa shape index (κ2) is 9.13. The molecule has 1 unspecified atom stereocenters. The second-order valence-corrected chi connectivity index (χ2v) is 10.8. The minimum absolute atomic E-state index is 0.141. The lowest BCUT2D eigenvalue weighted by atomic mass is 10.0. The number of aliphatic hydroxyl groups excluding tert-OH is 1. The maximum atomic E-state index is 13.3. The molecule has 0 saturated heterocycles. The summed E-state index contributed by atoms with van der Waals surface area (Å²) < 4.78 is 27.2. The van der Waals surface area contributed by atoms with Crippen molar-refractivity contribution >= 4 is 42.5 Å². The van der Waals surface area contributed by atoms with Gasteiger partial charge in [-0.05, 0) is 37.0 Å². The van der Waals surface area contributed by atoms with E-state index in [-0.39, 0.29) is 34.4 Å². The molecule has 2 aromatic heterocycles. The summed E-state index contributed by atoms with van der Waals surface area (Å²) >= 11 is 1.15. The van der Waals surface area contributed by atoms with E-state index in [1.807, 2.05) is 19.9 Å². The smallest absolute Gasteiger partial charge is 0.251 e. The SMILES string of the molecule is CC(C)C[C@H](CO)Nc1nc(S(=O)(=O)C(C)c2cccc(C#N)c2)nc2nc(N)sc12. The highest BCUT2D eigenvalue weighted by Gasteiger charge is 2.30. The number of nitrogens with two attached hydrogens (primary N) is 1. The number of benzene rings is 1. The lowest BCUT2D eigenvalue weighted by Crippen LogP contribution is -2.26. The summed E-state index contributed by atoms with van der Waals surface area (Å²) in [5, 5.41) is 20.9. The normalized spacial score (nSPS) is 13.8. The first kappa shape index (κ1) is 22.9. The third-order valence-electron chi connectivity index (χ3n) is 4.77. The molecule has 9 nitrogen and oxygen atoms in total. The van der Waals surface area contributed by atoms with E-state index in [2.05, 4.69) is 20.3 Å². The van der Waals surface area contributed by atoms with Crippen molar-refractivity contribution in [3.8, 4) is 6.07 Å². The summed E-state index contributed by atoms with van der Waals surface area (Å²) in [5.41, 5.74) is 6.83. The molecule has 0 amide bonds. The van der Waals surface area contributed by atoms with Gasteiger partial charge in [-0.15, -0.1) is 0 Å². The highest BCUT2D eigenvalue weighted by molar-refractivity contribution is 7.91. The zero-order valence-corrected chi connectivity index (χ0v) is 19.0.